The summed E-state index contributed by atoms with van der Waals surface area (Å²) in [7, 11) is 0. The molecule has 0 unspecified atom stereocenters. The number of allylic oxidation sites excluding steroid dienone is 2. The van der Waals surface area contributed by atoms with Gasteiger partial charge in [-0.15, -0.1) is 0 Å². The number of nitrogens with one attached hydrogen (secondary N) is 1. The predicted molar refractivity (Wildman–Crippen MR) is 82.4 cm³/mol. The molecule has 2 N–H and O–H groups in total. The third kappa shape index (κ3) is 2.05. The van der Waals surface area contributed by atoms with Gasteiger partial charge in [0, 0.05) is 10.7 Å². The van der Waals surface area contributed by atoms with E-state index >= 15 is 0 Å². The van der Waals surface area contributed by atoms with Crippen LogP contribution in [-0.2, 0) is 9.59 Å². The molecule has 6 atom stereocenters. The van der Waals surface area contributed by atoms with Crippen LogP contribution in [0.1, 0.15) is 6.42 Å². The van der Waals surface area contributed by atoms with Crippen molar-refractivity contribution in [3.05, 3.63) is 41.4 Å². The largest absolute Gasteiger partial charge is 0.481 e. The SMILES string of the molecule is O=C(O)[C@@H]1[C@H]2C=C[C@@H]([C@@H]3C[C@@H]23)[C@@H]1C(=O)Nc1ccc(Cl)cc1. The highest BCUT2D eigenvalue weighted by Crippen LogP contribution is 2.63. The summed E-state index contributed by atoms with van der Waals surface area (Å²) in [4.78, 5) is 24.4. The van der Waals surface area contributed by atoms with Gasteiger partial charge in [-0.25, -0.2) is 0 Å². The molecule has 2 saturated carbocycles. The van der Waals surface area contributed by atoms with Crippen LogP contribution in [0.4, 0.5) is 5.69 Å². The van der Waals surface area contributed by atoms with E-state index in [2.05, 4.69) is 11.4 Å². The normalized spacial score (nSPS) is 37.5. The zero-order valence-corrected chi connectivity index (χ0v) is 12.5. The van der Waals surface area contributed by atoms with E-state index in [4.69, 9.17) is 11.6 Å². The number of benzene rings is 1. The zero-order valence-electron chi connectivity index (χ0n) is 11.8. The second-order valence-corrected chi connectivity index (χ2v) is 6.93. The summed E-state index contributed by atoms with van der Waals surface area (Å²) in [6.45, 7) is 0. The Kier molecular flexibility index (Phi) is 3.05. The first kappa shape index (κ1) is 13.8. The van der Waals surface area contributed by atoms with Crippen LogP contribution in [0.15, 0.2) is 36.4 Å². The maximum Gasteiger partial charge on any atom is 0.307 e. The molecule has 4 aliphatic rings. The van der Waals surface area contributed by atoms with Gasteiger partial charge in [-0.3, -0.25) is 9.59 Å². The smallest absolute Gasteiger partial charge is 0.307 e. The maximum atomic E-state index is 12.7. The Labute approximate surface area is 133 Å². The molecular formula is C17H16ClNO3. The van der Waals surface area contributed by atoms with E-state index in [1.165, 1.54) is 0 Å². The van der Waals surface area contributed by atoms with E-state index in [0.717, 1.165) is 6.42 Å². The fourth-order valence-electron chi connectivity index (χ4n) is 4.33. The molecule has 5 rings (SSSR count). The van der Waals surface area contributed by atoms with Crippen molar-refractivity contribution in [1.29, 1.82) is 0 Å². The summed E-state index contributed by atoms with van der Waals surface area (Å²) >= 11 is 5.84. The minimum atomic E-state index is -0.860. The van der Waals surface area contributed by atoms with Crippen LogP contribution in [0, 0.1) is 35.5 Å². The second-order valence-electron chi connectivity index (χ2n) is 6.49. The fourth-order valence-corrected chi connectivity index (χ4v) is 4.45. The molecule has 2 bridgehead atoms. The first-order chi connectivity index (χ1) is 10.6. The van der Waals surface area contributed by atoms with Crippen molar-refractivity contribution in [2.24, 2.45) is 35.5 Å². The van der Waals surface area contributed by atoms with E-state index in [0.29, 0.717) is 22.5 Å². The van der Waals surface area contributed by atoms with Crippen LogP contribution >= 0.6 is 11.6 Å². The molecule has 114 valence electrons. The minimum absolute atomic E-state index is 0.00784. The number of hydrogen-bond donors (Lipinski definition) is 2. The number of carboxylic acids is 1. The van der Waals surface area contributed by atoms with Gasteiger partial charge in [0.15, 0.2) is 0 Å². The Morgan fingerprint density at radius 2 is 1.64 bits per heavy atom. The molecule has 1 aromatic carbocycles. The number of carbonyl (C=O) groups is 2. The number of halogens is 1. The van der Waals surface area contributed by atoms with Gasteiger partial charge in [0.25, 0.3) is 0 Å². The highest BCUT2D eigenvalue weighted by Gasteiger charge is 2.62. The van der Waals surface area contributed by atoms with Crippen LogP contribution in [0.5, 0.6) is 0 Å². The second kappa shape index (κ2) is 4.85. The summed E-state index contributed by atoms with van der Waals surface area (Å²) in [5.41, 5.74) is 0.649. The molecule has 4 nitrogen and oxygen atoms in total. The first-order valence-electron chi connectivity index (χ1n) is 7.54. The summed E-state index contributed by atoms with van der Waals surface area (Å²) in [6.07, 6.45) is 5.13. The lowest BCUT2D eigenvalue weighted by Crippen LogP contribution is -2.48. The molecule has 0 aliphatic heterocycles. The minimum Gasteiger partial charge on any atom is -0.481 e. The van der Waals surface area contributed by atoms with Gasteiger partial charge >= 0.3 is 5.97 Å². The molecule has 1 aromatic rings. The van der Waals surface area contributed by atoms with Gasteiger partial charge in [0.05, 0.1) is 11.8 Å². The van der Waals surface area contributed by atoms with Gasteiger partial charge < -0.3 is 10.4 Å². The summed E-state index contributed by atoms with van der Waals surface area (Å²) in [6, 6.07) is 6.87. The quantitative estimate of drug-likeness (QED) is 0.842. The van der Waals surface area contributed by atoms with E-state index < -0.39 is 17.8 Å². The standard InChI is InChI=1S/C17H16ClNO3/c18-8-1-3-9(4-2-8)19-16(20)14-10-5-6-11(13-7-12(10)13)15(14)17(21)22/h1-6,10-15H,7H2,(H,19,20)(H,21,22)/t10-,11-,12-,13-,14-,15+/m0/s1. The highest BCUT2D eigenvalue weighted by molar-refractivity contribution is 6.30. The van der Waals surface area contributed by atoms with Crippen molar-refractivity contribution in [3.63, 3.8) is 0 Å². The molecule has 22 heavy (non-hydrogen) atoms. The Bertz CT molecular complexity index is 669. The molecule has 0 aromatic heterocycles. The molecular weight excluding hydrogens is 302 g/mol. The average Bonchev–Trinajstić information content (AvgIpc) is 3.30. The predicted octanol–water partition coefficient (Wildman–Crippen LogP) is 3.05. The summed E-state index contributed by atoms with van der Waals surface area (Å²) in [5, 5.41) is 13.0. The number of carboxylic acid groups (broad SMARTS) is 1. The Hall–Kier alpha value is -1.81. The van der Waals surface area contributed by atoms with Gasteiger partial charge in [0.1, 0.15) is 0 Å². The van der Waals surface area contributed by atoms with Gasteiger partial charge in [0.2, 0.25) is 5.91 Å². The van der Waals surface area contributed by atoms with Gasteiger partial charge in [-0.1, -0.05) is 23.8 Å². The molecule has 0 radical (unpaired) electrons. The van der Waals surface area contributed by atoms with Crippen molar-refractivity contribution in [1.82, 2.24) is 0 Å². The lowest BCUT2D eigenvalue weighted by molar-refractivity contribution is -0.152. The first-order valence-corrected chi connectivity index (χ1v) is 7.91. The Morgan fingerprint density at radius 1 is 1.05 bits per heavy atom. The van der Waals surface area contributed by atoms with Crippen LogP contribution in [0.25, 0.3) is 0 Å². The van der Waals surface area contributed by atoms with Crippen LogP contribution < -0.4 is 5.32 Å². The third-order valence-corrected chi connectivity index (χ3v) is 5.60. The number of hydrogen-bond acceptors (Lipinski definition) is 2. The molecule has 0 spiro atoms. The summed E-state index contributed by atoms with van der Waals surface area (Å²) < 4.78 is 0. The number of carbonyl (C=O) groups excluding carboxylic acids is 1. The van der Waals surface area contributed by atoms with Crippen LogP contribution in [0.2, 0.25) is 5.02 Å². The van der Waals surface area contributed by atoms with E-state index in [9.17, 15) is 14.7 Å². The average molecular weight is 318 g/mol. The number of aliphatic carboxylic acids is 1. The summed E-state index contributed by atoms with van der Waals surface area (Å²) in [5.74, 6) is -1.11. The van der Waals surface area contributed by atoms with Crippen LogP contribution in [-0.4, -0.2) is 17.0 Å². The number of fused-ring (bicyclic) bond motifs is 1. The highest BCUT2D eigenvalue weighted by atomic mass is 35.5. The lowest BCUT2D eigenvalue weighted by atomic mass is 9.62. The Balaban J connectivity index is 1.60. The molecule has 0 heterocycles. The zero-order chi connectivity index (χ0) is 15.4. The molecule has 0 saturated heterocycles. The molecule has 2 fully saturated rings. The van der Waals surface area contributed by atoms with Crippen LogP contribution in [0.3, 0.4) is 0 Å². The number of rotatable bonds is 3. The van der Waals surface area contributed by atoms with Crippen molar-refractivity contribution in [2.45, 2.75) is 6.42 Å². The molecule has 1 amide bonds. The van der Waals surface area contributed by atoms with Crippen molar-refractivity contribution < 1.29 is 14.7 Å². The van der Waals surface area contributed by atoms with Crippen molar-refractivity contribution in [3.8, 4) is 0 Å². The van der Waals surface area contributed by atoms with E-state index in [1.807, 2.05) is 6.08 Å². The van der Waals surface area contributed by atoms with E-state index in [-0.39, 0.29) is 17.7 Å². The van der Waals surface area contributed by atoms with Gasteiger partial charge in [-0.2, -0.15) is 0 Å². The monoisotopic (exact) mass is 317 g/mol. The lowest BCUT2D eigenvalue weighted by Gasteiger charge is -2.41. The topological polar surface area (TPSA) is 66.4 Å². The molecule has 4 aliphatic carbocycles. The number of anilines is 1. The Morgan fingerprint density at radius 3 is 2.23 bits per heavy atom. The maximum absolute atomic E-state index is 12.7. The fraction of sp³-hybridized carbons (Fsp3) is 0.412. The van der Waals surface area contributed by atoms with E-state index in [1.54, 1.807) is 24.3 Å². The van der Waals surface area contributed by atoms with Crippen molar-refractivity contribution >= 4 is 29.2 Å². The van der Waals surface area contributed by atoms with Crippen molar-refractivity contribution in [2.75, 3.05) is 5.32 Å². The molecule has 5 heteroatoms. The third-order valence-electron chi connectivity index (χ3n) is 5.35. The van der Waals surface area contributed by atoms with Gasteiger partial charge in [-0.05, 0) is 54.4 Å². The number of amides is 1.